The van der Waals surface area contributed by atoms with Crippen LogP contribution in [0.4, 0.5) is 5.69 Å². The first-order valence-electron chi connectivity index (χ1n) is 8.91. The molecule has 26 heavy (non-hydrogen) atoms. The molecule has 4 rings (SSSR count). The summed E-state index contributed by atoms with van der Waals surface area (Å²) in [4.78, 5) is 16.9. The third-order valence-corrected chi connectivity index (χ3v) is 4.70. The van der Waals surface area contributed by atoms with Crippen LogP contribution in [0.25, 0.3) is 0 Å². The second-order valence-electron chi connectivity index (χ2n) is 6.27. The second kappa shape index (κ2) is 7.15. The van der Waals surface area contributed by atoms with Gasteiger partial charge in [-0.15, -0.1) is 0 Å². The summed E-state index contributed by atoms with van der Waals surface area (Å²) in [6.45, 7) is 5.87. The van der Waals surface area contributed by atoms with E-state index in [9.17, 15) is 4.79 Å². The summed E-state index contributed by atoms with van der Waals surface area (Å²) in [5, 5.41) is 0. The van der Waals surface area contributed by atoms with Crippen LogP contribution >= 0.6 is 0 Å². The standard InChI is InChI=1S/C20H22N2O4/c1-2-24-17-6-4-16(5-7-17)21-9-11-22(12-10-21)20(23)15-3-8-18-19(13-15)26-14-25-18/h3-8,13H,2,9-12,14H2,1H3. The minimum Gasteiger partial charge on any atom is -0.494 e. The molecule has 0 atom stereocenters. The molecule has 0 aromatic heterocycles. The first-order valence-corrected chi connectivity index (χ1v) is 8.91. The van der Waals surface area contributed by atoms with Crippen molar-refractivity contribution in [3.8, 4) is 17.2 Å². The number of amides is 1. The van der Waals surface area contributed by atoms with Crippen LogP contribution in [0, 0.1) is 0 Å². The van der Waals surface area contributed by atoms with Gasteiger partial charge in [0.05, 0.1) is 6.61 Å². The molecule has 6 heteroatoms. The van der Waals surface area contributed by atoms with Crippen LogP contribution in [0.5, 0.6) is 17.2 Å². The maximum absolute atomic E-state index is 12.8. The van der Waals surface area contributed by atoms with Crippen molar-refractivity contribution in [1.82, 2.24) is 4.90 Å². The van der Waals surface area contributed by atoms with Crippen molar-refractivity contribution < 1.29 is 19.0 Å². The molecule has 1 saturated heterocycles. The Bertz CT molecular complexity index is 783. The number of hydrogen-bond donors (Lipinski definition) is 0. The van der Waals surface area contributed by atoms with Gasteiger partial charge in [-0.1, -0.05) is 0 Å². The lowest BCUT2D eigenvalue weighted by Crippen LogP contribution is -2.48. The van der Waals surface area contributed by atoms with Crippen LogP contribution in [0.3, 0.4) is 0 Å². The van der Waals surface area contributed by atoms with Crippen molar-refractivity contribution in [1.29, 1.82) is 0 Å². The van der Waals surface area contributed by atoms with Crippen LogP contribution in [0.2, 0.25) is 0 Å². The zero-order valence-electron chi connectivity index (χ0n) is 14.8. The van der Waals surface area contributed by atoms with Gasteiger partial charge in [-0.3, -0.25) is 4.79 Å². The quantitative estimate of drug-likeness (QED) is 0.845. The number of nitrogens with zero attached hydrogens (tertiary/aromatic N) is 2. The molecular weight excluding hydrogens is 332 g/mol. The van der Waals surface area contributed by atoms with Crippen molar-refractivity contribution >= 4 is 11.6 Å². The van der Waals surface area contributed by atoms with Gasteiger partial charge in [0.2, 0.25) is 6.79 Å². The molecule has 1 fully saturated rings. The summed E-state index contributed by atoms with van der Waals surface area (Å²) in [6, 6.07) is 13.5. The van der Waals surface area contributed by atoms with E-state index in [1.807, 2.05) is 24.0 Å². The van der Waals surface area contributed by atoms with Gasteiger partial charge in [-0.05, 0) is 49.4 Å². The second-order valence-corrected chi connectivity index (χ2v) is 6.27. The Balaban J connectivity index is 1.37. The maximum Gasteiger partial charge on any atom is 0.254 e. The lowest BCUT2D eigenvalue weighted by Gasteiger charge is -2.36. The van der Waals surface area contributed by atoms with Gasteiger partial charge >= 0.3 is 0 Å². The van der Waals surface area contributed by atoms with Crippen LogP contribution in [-0.4, -0.2) is 50.4 Å². The summed E-state index contributed by atoms with van der Waals surface area (Å²) >= 11 is 0. The number of piperazine rings is 1. The molecule has 0 bridgehead atoms. The van der Waals surface area contributed by atoms with Crippen LogP contribution in [0.1, 0.15) is 17.3 Å². The molecule has 0 unspecified atom stereocenters. The van der Waals surface area contributed by atoms with Gasteiger partial charge in [0.25, 0.3) is 5.91 Å². The number of rotatable bonds is 4. The molecule has 6 nitrogen and oxygen atoms in total. The number of hydrogen-bond acceptors (Lipinski definition) is 5. The fourth-order valence-corrected chi connectivity index (χ4v) is 3.30. The van der Waals surface area contributed by atoms with Crippen molar-refractivity contribution in [2.24, 2.45) is 0 Å². The average Bonchev–Trinajstić information content (AvgIpc) is 3.16. The van der Waals surface area contributed by atoms with E-state index in [0.717, 1.165) is 24.5 Å². The van der Waals surface area contributed by atoms with Gasteiger partial charge < -0.3 is 24.0 Å². The lowest BCUT2D eigenvalue weighted by molar-refractivity contribution is 0.0746. The molecule has 2 aliphatic heterocycles. The number of anilines is 1. The summed E-state index contributed by atoms with van der Waals surface area (Å²) in [5.41, 5.74) is 1.80. The van der Waals surface area contributed by atoms with Gasteiger partial charge in [0.15, 0.2) is 11.5 Å². The summed E-state index contributed by atoms with van der Waals surface area (Å²) in [6.07, 6.45) is 0. The molecule has 0 spiro atoms. The first-order chi connectivity index (χ1) is 12.7. The zero-order valence-corrected chi connectivity index (χ0v) is 14.8. The summed E-state index contributed by atoms with van der Waals surface area (Å²) in [7, 11) is 0. The summed E-state index contributed by atoms with van der Waals surface area (Å²) < 4.78 is 16.2. The van der Waals surface area contributed by atoms with Crippen molar-refractivity contribution in [3.63, 3.8) is 0 Å². The monoisotopic (exact) mass is 354 g/mol. The largest absolute Gasteiger partial charge is 0.494 e. The van der Waals surface area contributed by atoms with Gasteiger partial charge in [0.1, 0.15) is 5.75 Å². The van der Waals surface area contributed by atoms with Gasteiger partial charge in [-0.25, -0.2) is 0 Å². The number of carbonyl (C=O) groups is 1. The molecule has 136 valence electrons. The van der Waals surface area contributed by atoms with Crippen LogP contribution in [0.15, 0.2) is 42.5 Å². The third kappa shape index (κ3) is 3.27. The first kappa shape index (κ1) is 16.6. The molecule has 2 aliphatic rings. The van der Waals surface area contributed by atoms with E-state index in [-0.39, 0.29) is 12.7 Å². The molecule has 0 saturated carbocycles. The molecular formula is C20H22N2O4. The fraction of sp³-hybridized carbons (Fsp3) is 0.350. The highest BCUT2D eigenvalue weighted by Gasteiger charge is 2.24. The predicted octanol–water partition coefficient (Wildman–Crippen LogP) is 2.78. The molecule has 1 amide bonds. The van der Waals surface area contributed by atoms with E-state index in [2.05, 4.69) is 17.0 Å². The highest BCUT2D eigenvalue weighted by Crippen LogP contribution is 2.33. The van der Waals surface area contributed by atoms with E-state index in [0.29, 0.717) is 36.8 Å². The minimum atomic E-state index is 0.0367. The Kier molecular flexibility index (Phi) is 4.56. The van der Waals surface area contributed by atoms with Crippen molar-refractivity contribution in [2.45, 2.75) is 6.92 Å². The molecule has 0 aliphatic carbocycles. The van der Waals surface area contributed by atoms with E-state index < -0.39 is 0 Å². The molecule has 0 N–H and O–H groups in total. The lowest BCUT2D eigenvalue weighted by atomic mass is 10.1. The van der Waals surface area contributed by atoms with Crippen LogP contribution in [-0.2, 0) is 0 Å². The Morgan fingerprint density at radius 2 is 1.73 bits per heavy atom. The highest BCUT2D eigenvalue weighted by molar-refractivity contribution is 5.95. The van der Waals surface area contributed by atoms with Crippen LogP contribution < -0.4 is 19.1 Å². The van der Waals surface area contributed by atoms with E-state index >= 15 is 0 Å². The smallest absolute Gasteiger partial charge is 0.254 e. The number of carbonyl (C=O) groups excluding carboxylic acids is 1. The Morgan fingerprint density at radius 1 is 1.00 bits per heavy atom. The zero-order chi connectivity index (χ0) is 17.9. The Hall–Kier alpha value is -2.89. The topological polar surface area (TPSA) is 51.2 Å². The van der Waals surface area contributed by atoms with Gasteiger partial charge in [0, 0.05) is 37.4 Å². The fourth-order valence-electron chi connectivity index (χ4n) is 3.30. The van der Waals surface area contributed by atoms with E-state index in [1.165, 1.54) is 0 Å². The highest BCUT2D eigenvalue weighted by atomic mass is 16.7. The summed E-state index contributed by atoms with van der Waals surface area (Å²) in [5.74, 6) is 2.26. The van der Waals surface area contributed by atoms with Crippen molar-refractivity contribution in [2.75, 3.05) is 44.5 Å². The van der Waals surface area contributed by atoms with Crippen molar-refractivity contribution in [3.05, 3.63) is 48.0 Å². The number of ether oxygens (including phenoxy) is 3. The molecule has 2 aromatic rings. The Morgan fingerprint density at radius 3 is 2.46 bits per heavy atom. The van der Waals surface area contributed by atoms with E-state index in [1.54, 1.807) is 18.2 Å². The maximum atomic E-state index is 12.8. The number of benzene rings is 2. The molecule has 2 heterocycles. The average molecular weight is 354 g/mol. The van der Waals surface area contributed by atoms with Gasteiger partial charge in [-0.2, -0.15) is 0 Å². The minimum absolute atomic E-state index is 0.0367. The van der Waals surface area contributed by atoms with E-state index in [4.69, 9.17) is 14.2 Å². The molecule has 2 aromatic carbocycles. The SMILES string of the molecule is CCOc1ccc(N2CCN(C(=O)c3ccc4c(c3)OCO4)CC2)cc1. The number of fused-ring (bicyclic) bond motifs is 1. The third-order valence-electron chi connectivity index (χ3n) is 4.70. The Labute approximate surface area is 152 Å². The predicted molar refractivity (Wildman–Crippen MR) is 98.3 cm³/mol. The molecule has 0 radical (unpaired) electrons. The normalized spacial score (nSPS) is 15.9.